The highest BCUT2D eigenvalue weighted by Crippen LogP contribution is 2.17. The van der Waals surface area contributed by atoms with E-state index in [-0.39, 0.29) is 5.75 Å². The summed E-state index contributed by atoms with van der Waals surface area (Å²) in [6.45, 7) is -0.814. The first kappa shape index (κ1) is 18.0. The van der Waals surface area contributed by atoms with E-state index in [1.807, 2.05) is 31.3 Å². The molecule has 0 fully saturated rings. The Labute approximate surface area is 140 Å². The lowest BCUT2D eigenvalue weighted by atomic mass is 10.2. The van der Waals surface area contributed by atoms with Crippen molar-refractivity contribution in [3.63, 3.8) is 0 Å². The Hall–Kier alpha value is -2.34. The molecule has 0 saturated heterocycles. The van der Waals surface area contributed by atoms with Crippen LogP contribution >= 0.6 is 0 Å². The molecule has 0 radical (unpaired) electrons. The quantitative estimate of drug-likeness (QED) is 0.696. The van der Waals surface area contributed by atoms with Crippen LogP contribution in [-0.4, -0.2) is 38.8 Å². The van der Waals surface area contributed by atoms with E-state index in [0.29, 0.717) is 13.2 Å². The number of alkyl halides is 2. The smallest absolute Gasteiger partial charge is 0.387 e. The molecule has 0 unspecified atom stereocenters. The van der Waals surface area contributed by atoms with Crippen molar-refractivity contribution in [1.82, 2.24) is 4.90 Å². The summed E-state index contributed by atoms with van der Waals surface area (Å²) in [4.78, 5) is 2.09. The Kier molecular flexibility index (Phi) is 6.81. The van der Waals surface area contributed by atoms with Crippen molar-refractivity contribution >= 4 is 0 Å². The second-order valence-electron chi connectivity index (χ2n) is 5.28. The van der Waals surface area contributed by atoms with E-state index in [2.05, 4.69) is 9.64 Å². The molecule has 0 saturated carbocycles. The molecule has 0 amide bonds. The van der Waals surface area contributed by atoms with Crippen LogP contribution in [0.4, 0.5) is 8.78 Å². The van der Waals surface area contributed by atoms with E-state index < -0.39 is 6.61 Å². The fraction of sp³-hybridized carbons (Fsp3) is 0.333. The number of hydrogen-bond donors (Lipinski definition) is 0. The average molecular weight is 337 g/mol. The lowest BCUT2D eigenvalue weighted by molar-refractivity contribution is -0.0498. The number of hydrogen-bond acceptors (Lipinski definition) is 4. The van der Waals surface area contributed by atoms with Gasteiger partial charge in [-0.1, -0.05) is 12.1 Å². The van der Waals surface area contributed by atoms with Gasteiger partial charge >= 0.3 is 6.61 Å². The summed E-state index contributed by atoms with van der Waals surface area (Å²) in [6, 6.07) is 14.1. The highest BCUT2D eigenvalue weighted by atomic mass is 19.3. The first-order chi connectivity index (χ1) is 11.6. The first-order valence-corrected chi connectivity index (χ1v) is 7.56. The van der Waals surface area contributed by atoms with E-state index >= 15 is 0 Å². The molecule has 24 heavy (non-hydrogen) atoms. The summed E-state index contributed by atoms with van der Waals surface area (Å²) >= 11 is 0. The minimum atomic E-state index is -2.80. The van der Waals surface area contributed by atoms with Crippen LogP contribution < -0.4 is 14.2 Å². The number of halogens is 2. The monoisotopic (exact) mass is 337 g/mol. The maximum absolute atomic E-state index is 12.1. The molecular formula is C18H21F2NO3. The molecule has 0 aliphatic heterocycles. The Morgan fingerprint density at radius 2 is 1.50 bits per heavy atom. The van der Waals surface area contributed by atoms with Crippen LogP contribution in [0.3, 0.4) is 0 Å². The Bertz CT molecular complexity index is 603. The van der Waals surface area contributed by atoms with Gasteiger partial charge in [0, 0.05) is 13.1 Å². The van der Waals surface area contributed by atoms with Crippen molar-refractivity contribution in [2.75, 3.05) is 27.3 Å². The summed E-state index contributed by atoms with van der Waals surface area (Å²) in [7, 11) is 3.60. The lowest BCUT2D eigenvalue weighted by Gasteiger charge is -2.17. The predicted octanol–water partition coefficient (Wildman–Crippen LogP) is 3.81. The van der Waals surface area contributed by atoms with Crippen molar-refractivity contribution in [3.8, 4) is 17.2 Å². The third-order valence-electron chi connectivity index (χ3n) is 3.40. The van der Waals surface area contributed by atoms with Gasteiger partial charge < -0.3 is 14.2 Å². The molecule has 2 rings (SSSR count). The highest BCUT2D eigenvalue weighted by Gasteiger charge is 2.05. The highest BCUT2D eigenvalue weighted by molar-refractivity contribution is 5.31. The minimum absolute atomic E-state index is 0.166. The van der Waals surface area contributed by atoms with Gasteiger partial charge in [0.2, 0.25) is 0 Å². The molecule has 0 aromatic heterocycles. The van der Waals surface area contributed by atoms with Crippen LogP contribution in [0.1, 0.15) is 5.56 Å². The zero-order valence-electron chi connectivity index (χ0n) is 13.7. The van der Waals surface area contributed by atoms with E-state index in [1.54, 1.807) is 31.4 Å². The topological polar surface area (TPSA) is 30.9 Å². The Morgan fingerprint density at radius 3 is 2.08 bits per heavy atom. The molecule has 0 bridgehead atoms. The molecule has 0 atom stereocenters. The van der Waals surface area contributed by atoms with Gasteiger partial charge in [-0.2, -0.15) is 8.78 Å². The van der Waals surface area contributed by atoms with Crippen LogP contribution in [0.5, 0.6) is 17.2 Å². The normalized spacial score (nSPS) is 10.9. The number of nitrogens with zero attached hydrogens (tertiary/aromatic N) is 1. The Morgan fingerprint density at radius 1 is 0.917 bits per heavy atom. The van der Waals surface area contributed by atoms with Gasteiger partial charge in [-0.25, -0.2) is 0 Å². The number of likely N-dealkylation sites (N-methyl/N-ethyl adjacent to an activating group) is 1. The summed E-state index contributed by atoms with van der Waals surface area (Å²) in [5.74, 6) is 1.75. The van der Waals surface area contributed by atoms with Crippen LogP contribution in [-0.2, 0) is 6.54 Å². The summed E-state index contributed by atoms with van der Waals surface area (Å²) < 4.78 is 39.3. The van der Waals surface area contributed by atoms with E-state index in [0.717, 1.165) is 23.6 Å². The molecule has 0 aliphatic carbocycles. The van der Waals surface area contributed by atoms with Gasteiger partial charge in [-0.15, -0.1) is 0 Å². The maximum Gasteiger partial charge on any atom is 0.387 e. The molecule has 6 heteroatoms. The van der Waals surface area contributed by atoms with E-state index in [1.165, 1.54) is 0 Å². The van der Waals surface area contributed by atoms with E-state index in [4.69, 9.17) is 9.47 Å². The second kappa shape index (κ2) is 9.08. The third kappa shape index (κ3) is 6.04. The number of benzene rings is 2. The largest absolute Gasteiger partial charge is 0.497 e. The van der Waals surface area contributed by atoms with Crippen molar-refractivity contribution in [3.05, 3.63) is 54.1 Å². The fourth-order valence-corrected chi connectivity index (χ4v) is 2.16. The third-order valence-corrected chi connectivity index (χ3v) is 3.40. The number of rotatable bonds is 9. The second-order valence-corrected chi connectivity index (χ2v) is 5.28. The minimum Gasteiger partial charge on any atom is -0.497 e. The van der Waals surface area contributed by atoms with Crippen molar-refractivity contribution in [2.24, 2.45) is 0 Å². The Balaban J connectivity index is 1.73. The van der Waals surface area contributed by atoms with E-state index in [9.17, 15) is 8.78 Å². The van der Waals surface area contributed by atoms with Crippen LogP contribution in [0.2, 0.25) is 0 Å². The van der Waals surface area contributed by atoms with Crippen molar-refractivity contribution in [2.45, 2.75) is 13.2 Å². The molecule has 0 heterocycles. The summed E-state index contributed by atoms with van der Waals surface area (Å²) in [6.07, 6.45) is 0. The molecule has 2 aromatic rings. The summed E-state index contributed by atoms with van der Waals surface area (Å²) in [5, 5.41) is 0. The molecule has 0 aliphatic rings. The molecule has 130 valence electrons. The van der Waals surface area contributed by atoms with Gasteiger partial charge in [0.1, 0.15) is 23.9 Å². The molecule has 4 nitrogen and oxygen atoms in total. The van der Waals surface area contributed by atoms with Crippen LogP contribution in [0.15, 0.2) is 48.5 Å². The molecular weight excluding hydrogens is 316 g/mol. The standard InChI is InChI=1S/C18H21F2NO3/c1-21(11-12-23-16-9-7-15(22-2)8-10-16)13-14-3-5-17(6-4-14)24-18(19)20/h3-10,18H,11-13H2,1-2H3. The maximum atomic E-state index is 12.1. The lowest BCUT2D eigenvalue weighted by Crippen LogP contribution is -2.23. The SMILES string of the molecule is COc1ccc(OCCN(C)Cc2ccc(OC(F)F)cc2)cc1. The number of ether oxygens (including phenoxy) is 3. The first-order valence-electron chi connectivity index (χ1n) is 7.56. The molecule has 0 N–H and O–H groups in total. The van der Waals surface area contributed by atoms with Gasteiger partial charge in [0.15, 0.2) is 0 Å². The average Bonchev–Trinajstić information content (AvgIpc) is 2.57. The number of methoxy groups -OCH3 is 1. The van der Waals surface area contributed by atoms with Gasteiger partial charge in [-0.3, -0.25) is 4.90 Å². The van der Waals surface area contributed by atoms with Crippen LogP contribution in [0.25, 0.3) is 0 Å². The van der Waals surface area contributed by atoms with Crippen molar-refractivity contribution < 1.29 is 23.0 Å². The van der Waals surface area contributed by atoms with Crippen LogP contribution in [0, 0.1) is 0 Å². The fourth-order valence-electron chi connectivity index (χ4n) is 2.16. The zero-order chi connectivity index (χ0) is 17.4. The van der Waals surface area contributed by atoms with Gasteiger partial charge in [-0.05, 0) is 49.0 Å². The zero-order valence-corrected chi connectivity index (χ0v) is 13.7. The van der Waals surface area contributed by atoms with Gasteiger partial charge in [0.25, 0.3) is 0 Å². The van der Waals surface area contributed by atoms with Crippen molar-refractivity contribution in [1.29, 1.82) is 0 Å². The predicted molar refractivity (Wildman–Crippen MR) is 87.9 cm³/mol. The van der Waals surface area contributed by atoms with Gasteiger partial charge in [0.05, 0.1) is 7.11 Å². The summed E-state index contributed by atoms with van der Waals surface area (Å²) in [5.41, 5.74) is 1.02. The molecule has 0 spiro atoms. The molecule has 2 aromatic carbocycles.